The number of benzene rings is 1. The minimum absolute atomic E-state index is 0.0320. The Morgan fingerprint density at radius 3 is 2.75 bits per heavy atom. The lowest BCUT2D eigenvalue weighted by Crippen LogP contribution is -2.13. The first kappa shape index (κ1) is 12.4. The van der Waals surface area contributed by atoms with Crippen molar-refractivity contribution in [2.45, 2.75) is 19.6 Å². The first-order valence-electron chi connectivity index (χ1n) is 4.73. The molecule has 1 aromatic carbocycles. The highest BCUT2D eigenvalue weighted by Gasteiger charge is 2.15. The predicted octanol–water partition coefficient (Wildman–Crippen LogP) is 0.847. The Kier molecular flexibility index (Phi) is 4.21. The third kappa shape index (κ3) is 3.18. The molecule has 0 radical (unpaired) electrons. The standard InChI is InChI=1S/C10H13NO5/c1-7(13)6-16-10-4-8(5-12)2-3-9(10)11(14)15/h2-4,7,12-13H,5-6H2,1H3. The summed E-state index contributed by atoms with van der Waals surface area (Å²) in [6.07, 6.45) is -0.711. The van der Waals surface area contributed by atoms with Gasteiger partial charge in [0.25, 0.3) is 0 Å². The van der Waals surface area contributed by atoms with Crippen molar-refractivity contribution in [3.8, 4) is 5.75 Å². The van der Waals surface area contributed by atoms with Gasteiger partial charge in [-0.05, 0) is 24.6 Å². The van der Waals surface area contributed by atoms with Crippen molar-refractivity contribution < 1.29 is 19.9 Å². The molecule has 6 heteroatoms. The van der Waals surface area contributed by atoms with Gasteiger partial charge in [-0.2, -0.15) is 0 Å². The van der Waals surface area contributed by atoms with Crippen LogP contribution in [0.15, 0.2) is 18.2 Å². The van der Waals surface area contributed by atoms with Gasteiger partial charge in [0, 0.05) is 6.07 Å². The van der Waals surface area contributed by atoms with E-state index in [1.165, 1.54) is 25.1 Å². The summed E-state index contributed by atoms with van der Waals surface area (Å²) in [4.78, 5) is 10.1. The van der Waals surface area contributed by atoms with Crippen LogP contribution in [-0.4, -0.2) is 27.8 Å². The molecule has 0 aliphatic heterocycles. The second kappa shape index (κ2) is 5.43. The molecule has 2 N–H and O–H groups in total. The Bertz CT molecular complexity index is 377. The minimum Gasteiger partial charge on any atom is -0.484 e. The molecule has 0 aromatic heterocycles. The number of aliphatic hydroxyl groups is 2. The maximum Gasteiger partial charge on any atom is 0.310 e. The summed E-state index contributed by atoms with van der Waals surface area (Å²) < 4.78 is 5.10. The Hall–Kier alpha value is -1.66. The van der Waals surface area contributed by atoms with Gasteiger partial charge in [-0.25, -0.2) is 0 Å². The predicted molar refractivity (Wildman–Crippen MR) is 56.2 cm³/mol. The van der Waals surface area contributed by atoms with Crippen LogP contribution in [0.2, 0.25) is 0 Å². The lowest BCUT2D eigenvalue weighted by molar-refractivity contribution is -0.385. The zero-order valence-corrected chi connectivity index (χ0v) is 8.79. The van der Waals surface area contributed by atoms with E-state index in [2.05, 4.69) is 0 Å². The minimum atomic E-state index is -0.711. The maximum absolute atomic E-state index is 10.7. The molecule has 1 aromatic rings. The molecule has 16 heavy (non-hydrogen) atoms. The monoisotopic (exact) mass is 227 g/mol. The van der Waals surface area contributed by atoms with E-state index >= 15 is 0 Å². The maximum atomic E-state index is 10.7. The van der Waals surface area contributed by atoms with E-state index in [1.54, 1.807) is 0 Å². The SMILES string of the molecule is CC(O)COc1cc(CO)ccc1[N+](=O)[O-]. The van der Waals surface area contributed by atoms with Gasteiger partial charge in [0.1, 0.15) is 6.61 Å². The summed E-state index contributed by atoms with van der Waals surface area (Å²) in [6.45, 7) is 1.26. The summed E-state index contributed by atoms with van der Waals surface area (Å²) in [5.41, 5.74) is 0.337. The number of hydrogen-bond acceptors (Lipinski definition) is 5. The van der Waals surface area contributed by atoms with Gasteiger partial charge < -0.3 is 14.9 Å². The average molecular weight is 227 g/mol. The topological polar surface area (TPSA) is 92.8 Å². The average Bonchev–Trinajstić information content (AvgIpc) is 2.25. The van der Waals surface area contributed by atoms with E-state index in [0.717, 1.165) is 0 Å². The van der Waals surface area contributed by atoms with E-state index in [9.17, 15) is 10.1 Å². The normalized spacial score (nSPS) is 12.2. The molecular formula is C10H13NO5. The number of aliphatic hydroxyl groups excluding tert-OH is 2. The van der Waals surface area contributed by atoms with Crippen LogP contribution in [0.3, 0.4) is 0 Å². The van der Waals surface area contributed by atoms with Crippen molar-refractivity contribution in [2.75, 3.05) is 6.61 Å². The van der Waals surface area contributed by atoms with Crippen LogP contribution >= 0.6 is 0 Å². The number of nitro groups is 1. The number of nitrogens with zero attached hydrogens (tertiary/aromatic N) is 1. The van der Waals surface area contributed by atoms with Gasteiger partial charge in [0.15, 0.2) is 5.75 Å². The molecule has 0 aliphatic carbocycles. The first-order chi connectivity index (χ1) is 7.54. The van der Waals surface area contributed by atoms with Gasteiger partial charge in [-0.3, -0.25) is 10.1 Å². The summed E-state index contributed by atoms with van der Waals surface area (Å²) >= 11 is 0. The van der Waals surface area contributed by atoms with Gasteiger partial charge in [-0.1, -0.05) is 0 Å². The van der Waals surface area contributed by atoms with Crippen molar-refractivity contribution in [1.82, 2.24) is 0 Å². The Morgan fingerprint density at radius 2 is 2.25 bits per heavy atom. The van der Waals surface area contributed by atoms with Crippen molar-refractivity contribution in [2.24, 2.45) is 0 Å². The molecule has 0 amide bonds. The van der Waals surface area contributed by atoms with Gasteiger partial charge in [0.05, 0.1) is 17.6 Å². The number of hydrogen-bond donors (Lipinski definition) is 2. The van der Waals surface area contributed by atoms with Crippen LogP contribution < -0.4 is 4.74 Å². The molecule has 0 fully saturated rings. The van der Waals surface area contributed by atoms with Crippen LogP contribution in [0, 0.1) is 10.1 Å². The fraction of sp³-hybridized carbons (Fsp3) is 0.400. The molecule has 6 nitrogen and oxygen atoms in total. The molecule has 1 rings (SSSR count). The summed E-state index contributed by atoms with van der Waals surface area (Å²) in [5.74, 6) is 0.0532. The molecule has 0 heterocycles. The third-order valence-electron chi connectivity index (χ3n) is 1.88. The zero-order chi connectivity index (χ0) is 12.1. The molecular weight excluding hydrogens is 214 g/mol. The lowest BCUT2D eigenvalue weighted by atomic mass is 10.2. The Balaban J connectivity index is 2.96. The lowest BCUT2D eigenvalue weighted by Gasteiger charge is -2.09. The highest BCUT2D eigenvalue weighted by Crippen LogP contribution is 2.28. The smallest absolute Gasteiger partial charge is 0.310 e. The molecule has 0 saturated heterocycles. The molecule has 0 saturated carbocycles. The summed E-state index contributed by atoms with van der Waals surface area (Å²) in [5, 5.41) is 28.6. The van der Waals surface area contributed by atoms with Crippen LogP contribution in [0.4, 0.5) is 5.69 Å². The summed E-state index contributed by atoms with van der Waals surface area (Å²) in [6, 6.07) is 4.11. The zero-order valence-electron chi connectivity index (χ0n) is 8.79. The van der Waals surface area contributed by atoms with E-state index in [0.29, 0.717) is 5.56 Å². The largest absolute Gasteiger partial charge is 0.484 e. The van der Waals surface area contributed by atoms with Crippen molar-refractivity contribution in [3.05, 3.63) is 33.9 Å². The van der Waals surface area contributed by atoms with E-state index in [-0.39, 0.29) is 24.7 Å². The van der Waals surface area contributed by atoms with E-state index in [4.69, 9.17) is 14.9 Å². The first-order valence-corrected chi connectivity index (χ1v) is 4.73. The second-order valence-electron chi connectivity index (χ2n) is 3.38. The molecule has 0 bridgehead atoms. The van der Waals surface area contributed by atoms with Crippen molar-refractivity contribution in [3.63, 3.8) is 0 Å². The highest BCUT2D eigenvalue weighted by atomic mass is 16.6. The molecule has 1 unspecified atom stereocenters. The molecule has 1 atom stereocenters. The van der Waals surface area contributed by atoms with Crippen molar-refractivity contribution in [1.29, 1.82) is 0 Å². The Labute approximate surface area is 92.2 Å². The second-order valence-corrected chi connectivity index (χ2v) is 3.38. The van der Waals surface area contributed by atoms with Crippen LogP contribution in [0.5, 0.6) is 5.75 Å². The highest BCUT2D eigenvalue weighted by molar-refractivity contribution is 5.48. The fourth-order valence-electron chi connectivity index (χ4n) is 1.13. The molecule has 0 aliphatic rings. The van der Waals surface area contributed by atoms with Gasteiger partial charge >= 0.3 is 5.69 Å². The molecule has 88 valence electrons. The molecule has 0 spiro atoms. The number of ether oxygens (including phenoxy) is 1. The van der Waals surface area contributed by atoms with Crippen molar-refractivity contribution >= 4 is 5.69 Å². The number of nitro benzene ring substituents is 1. The van der Waals surface area contributed by atoms with Gasteiger partial charge in [-0.15, -0.1) is 0 Å². The van der Waals surface area contributed by atoms with Crippen LogP contribution in [0.25, 0.3) is 0 Å². The number of rotatable bonds is 5. The van der Waals surface area contributed by atoms with Crippen LogP contribution in [0.1, 0.15) is 12.5 Å². The van der Waals surface area contributed by atoms with E-state index < -0.39 is 11.0 Å². The third-order valence-corrected chi connectivity index (χ3v) is 1.88. The van der Waals surface area contributed by atoms with Gasteiger partial charge in [0.2, 0.25) is 0 Å². The van der Waals surface area contributed by atoms with E-state index in [1.807, 2.05) is 0 Å². The summed E-state index contributed by atoms with van der Waals surface area (Å²) in [7, 11) is 0. The van der Waals surface area contributed by atoms with Crippen LogP contribution in [-0.2, 0) is 6.61 Å². The fourth-order valence-corrected chi connectivity index (χ4v) is 1.13. The Morgan fingerprint density at radius 1 is 1.56 bits per heavy atom. The quantitative estimate of drug-likeness (QED) is 0.574.